The van der Waals surface area contributed by atoms with Crippen LogP contribution < -0.4 is 0 Å². The van der Waals surface area contributed by atoms with Crippen LogP contribution in [0.15, 0.2) is 91.0 Å². The minimum absolute atomic E-state index is 0.436. The third-order valence-electron chi connectivity index (χ3n) is 5.92. The van der Waals surface area contributed by atoms with Gasteiger partial charge in [-0.2, -0.15) is 0 Å². The summed E-state index contributed by atoms with van der Waals surface area (Å²) in [5.41, 5.74) is 2.51. The van der Waals surface area contributed by atoms with E-state index in [1.807, 2.05) is 54.6 Å². The summed E-state index contributed by atoms with van der Waals surface area (Å²) in [6.45, 7) is 8.19. The summed E-state index contributed by atoms with van der Waals surface area (Å²) in [4.78, 5) is 0. The minimum Gasteiger partial charge on any atom is -0.379 e. The van der Waals surface area contributed by atoms with Crippen molar-refractivity contribution in [3.8, 4) is 0 Å². The Kier molecular flexibility index (Phi) is 14.7. The Labute approximate surface area is 227 Å². The summed E-state index contributed by atoms with van der Waals surface area (Å²) in [6, 6.07) is 31.1. The first-order valence-corrected chi connectivity index (χ1v) is 13.6. The van der Waals surface area contributed by atoms with Gasteiger partial charge in [0.05, 0.1) is 66.1 Å². The van der Waals surface area contributed by atoms with Crippen LogP contribution in [0.3, 0.4) is 0 Å². The topological polar surface area (TPSA) is 55.4 Å². The number of hydrogen-bond donors (Lipinski definition) is 0. The second-order valence-corrected chi connectivity index (χ2v) is 8.69. The molecule has 0 saturated carbocycles. The number of rotatable bonds is 21. The van der Waals surface area contributed by atoms with Crippen LogP contribution in [-0.2, 0) is 34.0 Å². The lowest BCUT2D eigenvalue weighted by Gasteiger charge is -2.36. The van der Waals surface area contributed by atoms with Gasteiger partial charge in [-0.15, -0.1) is 0 Å². The third kappa shape index (κ3) is 9.95. The van der Waals surface area contributed by atoms with Gasteiger partial charge in [0.25, 0.3) is 0 Å². The molecule has 6 nitrogen and oxygen atoms in total. The van der Waals surface area contributed by atoms with Crippen molar-refractivity contribution in [3.63, 3.8) is 0 Å². The van der Waals surface area contributed by atoms with Crippen molar-refractivity contribution < 1.29 is 28.4 Å². The summed E-state index contributed by atoms with van der Waals surface area (Å²) >= 11 is 0. The molecule has 0 aromatic heterocycles. The molecule has 3 aromatic rings. The Bertz CT molecular complexity index is 855. The van der Waals surface area contributed by atoms with Crippen LogP contribution in [0.25, 0.3) is 0 Å². The first-order chi connectivity index (χ1) is 18.9. The molecular formula is C32H42O6. The summed E-state index contributed by atoms with van der Waals surface area (Å²) in [6.07, 6.45) is 1.03. The van der Waals surface area contributed by atoms with Gasteiger partial charge in [0.2, 0.25) is 0 Å². The van der Waals surface area contributed by atoms with Gasteiger partial charge < -0.3 is 28.4 Å². The van der Waals surface area contributed by atoms with Gasteiger partial charge in [-0.25, -0.2) is 0 Å². The zero-order chi connectivity index (χ0) is 26.6. The summed E-state index contributed by atoms with van der Waals surface area (Å²) in [5, 5.41) is 0. The van der Waals surface area contributed by atoms with E-state index in [1.165, 1.54) is 0 Å². The van der Waals surface area contributed by atoms with Gasteiger partial charge in [-0.1, -0.05) is 97.9 Å². The standard InChI is InChI=1S/C32H42O6/c1-2-18-33-19-20-34-21-22-35-23-24-36-25-26-37-27-28-38-32(29-12-6-3-7-13-29,30-14-8-4-9-15-30)31-16-10-5-11-17-31/h3-17H,2,18-28H2,1H3. The summed E-state index contributed by atoms with van der Waals surface area (Å²) in [5.74, 6) is 0. The average molecular weight is 523 g/mol. The van der Waals surface area contributed by atoms with Crippen molar-refractivity contribution in [1.29, 1.82) is 0 Å². The van der Waals surface area contributed by atoms with E-state index < -0.39 is 5.60 Å². The van der Waals surface area contributed by atoms with Crippen molar-refractivity contribution in [2.45, 2.75) is 18.9 Å². The zero-order valence-electron chi connectivity index (χ0n) is 22.6. The average Bonchev–Trinajstić information content (AvgIpc) is 2.98. The highest BCUT2D eigenvalue weighted by Crippen LogP contribution is 2.40. The maximum Gasteiger partial charge on any atom is 0.143 e. The largest absolute Gasteiger partial charge is 0.379 e. The van der Waals surface area contributed by atoms with Gasteiger partial charge in [0, 0.05) is 6.61 Å². The van der Waals surface area contributed by atoms with Gasteiger partial charge in [0.15, 0.2) is 0 Å². The Morgan fingerprint density at radius 1 is 0.395 bits per heavy atom. The van der Waals surface area contributed by atoms with E-state index in [2.05, 4.69) is 43.3 Å². The van der Waals surface area contributed by atoms with Crippen LogP contribution in [0.5, 0.6) is 0 Å². The van der Waals surface area contributed by atoms with Crippen LogP contribution in [-0.4, -0.2) is 72.7 Å². The first kappa shape index (κ1) is 30.0. The third-order valence-corrected chi connectivity index (χ3v) is 5.92. The van der Waals surface area contributed by atoms with Crippen molar-refractivity contribution >= 4 is 0 Å². The van der Waals surface area contributed by atoms with E-state index in [1.54, 1.807) is 0 Å². The van der Waals surface area contributed by atoms with Gasteiger partial charge in [0.1, 0.15) is 5.60 Å². The molecule has 0 fully saturated rings. The van der Waals surface area contributed by atoms with Gasteiger partial charge >= 0.3 is 0 Å². The lowest BCUT2D eigenvalue weighted by Crippen LogP contribution is -2.34. The van der Waals surface area contributed by atoms with Crippen LogP contribution in [0.1, 0.15) is 30.0 Å². The molecule has 0 atom stereocenters. The monoisotopic (exact) mass is 522 g/mol. The Morgan fingerprint density at radius 2 is 0.684 bits per heavy atom. The second-order valence-electron chi connectivity index (χ2n) is 8.69. The van der Waals surface area contributed by atoms with E-state index in [-0.39, 0.29) is 0 Å². The molecule has 3 rings (SSSR count). The van der Waals surface area contributed by atoms with E-state index in [9.17, 15) is 0 Å². The summed E-state index contributed by atoms with van der Waals surface area (Å²) < 4.78 is 34.5. The molecule has 0 spiro atoms. The van der Waals surface area contributed by atoms with Crippen LogP contribution >= 0.6 is 0 Å². The van der Waals surface area contributed by atoms with Crippen LogP contribution in [0, 0.1) is 0 Å². The zero-order valence-corrected chi connectivity index (χ0v) is 22.6. The molecule has 0 saturated heterocycles. The molecule has 0 aliphatic rings. The maximum atomic E-state index is 6.70. The fraction of sp³-hybridized carbons (Fsp3) is 0.438. The highest BCUT2D eigenvalue weighted by molar-refractivity contribution is 5.47. The SMILES string of the molecule is CCCOCCOCCOCCOCCOCCOC(c1ccccc1)(c1ccccc1)c1ccccc1. The van der Waals surface area contributed by atoms with Gasteiger partial charge in [-0.3, -0.25) is 0 Å². The molecule has 206 valence electrons. The number of hydrogen-bond acceptors (Lipinski definition) is 6. The molecule has 38 heavy (non-hydrogen) atoms. The fourth-order valence-electron chi connectivity index (χ4n) is 4.15. The van der Waals surface area contributed by atoms with E-state index in [4.69, 9.17) is 28.4 Å². The molecule has 0 unspecified atom stereocenters. The number of benzene rings is 3. The lowest BCUT2D eigenvalue weighted by atomic mass is 9.80. The molecule has 6 heteroatoms. The highest BCUT2D eigenvalue weighted by atomic mass is 16.6. The molecule has 0 amide bonds. The minimum atomic E-state index is -0.729. The molecule has 0 aliphatic heterocycles. The first-order valence-electron chi connectivity index (χ1n) is 13.6. The Hall–Kier alpha value is -2.58. The molecular weight excluding hydrogens is 480 g/mol. The van der Waals surface area contributed by atoms with Crippen molar-refractivity contribution in [3.05, 3.63) is 108 Å². The normalized spacial score (nSPS) is 11.6. The fourth-order valence-corrected chi connectivity index (χ4v) is 4.15. The maximum absolute atomic E-state index is 6.70. The molecule has 0 bridgehead atoms. The molecule has 0 heterocycles. The van der Waals surface area contributed by atoms with Crippen LogP contribution in [0.4, 0.5) is 0 Å². The molecule has 3 aromatic carbocycles. The van der Waals surface area contributed by atoms with Gasteiger partial charge in [-0.05, 0) is 23.1 Å². The van der Waals surface area contributed by atoms with Crippen molar-refractivity contribution in [1.82, 2.24) is 0 Å². The highest BCUT2D eigenvalue weighted by Gasteiger charge is 2.37. The smallest absolute Gasteiger partial charge is 0.143 e. The Balaban J connectivity index is 1.38. The Morgan fingerprint density at radius 3 is 1.00 bits per heavy atom. The van der Waals surface area contributed by atoms with Crippen LogP contribution in [0.2, 0.25) is 0 Å². The molecule has 0 N–H and O–H groups in total. The molecule has 0 aliphatic carbocycles. The van der Waals surface area contributed by atoms with Crippen molar-refractivity contribution in [2.75, 3.05) is 72.7 Å². The molecule has 0 radical (unpaired) electrons. The lowest BCUT2D eigenvalue weighted by molar-refractivity contribution is -0.0391. The second kappa shape index (κ2) is 18.6. The quantitative estimate of drug-likeness (QED) is 0.136. The van der Waals surface area contributed by atoms with E-state index >= 15 is 0 Å². The van der Waals surface area contributed by atoms with E-state index in [0.717, 1.165) is 29.7 Å². The predicted molar refractivity (Wildman–Crippen MR) is 150 cm³/mol. The van der Waals surface area contributed by atoms with Crippen molar-refractivity contribution in [2.24, 2.45) is 0 Å². The predicted octanol–water partition coefficient (Wildman–Crippen LogP) is 5.49. The number of ether oxygens (including phenoxy) is 6. The van der Waals surface area contributed by atoms with E-state index in [0.29, 0.717) is 66.1 Å². The summed E-state index contributed by atoms with van der Waals surface area (Å²) in [7, 11) is 0.